The number of rotatable bonds is 4. The van der Waals surface area contributed by atoms with Gasteiger partial charge in [-0.2, -0.15) is 0 Å². The molecule has 0 saturated carbocycles. The summed E-state index contributed by atoms with van der Waals surface area (Å²) in [5.74, 6) is -3.35. The van der Waals surface area contributed by atoms with E-state index in [2.05, 4.69) is 12.1 Å². The molecule has 1 atom stereocenters. The normalized spacial score (nSPS) is 11.1. The van der Waals surface area contributed by atoms with Crippen molar-refractivity contribution in [2.45, 2.75) is 29.2 Å². The average molecular weight is 349 g/mol. The lowest BCUT2D eigenvalue weighted by Crippen LogP contribution is -2.18. The Balaban J connectivity index is 0.000000413. The number of nitrogens with two attached hydrogens (primary N) is 1. The second-order valence-electron chi connectivity index (χ2n) is 5.00. The van der Waals surface area contributed by atoms with E-state index >= 15 is 0 Å². The Morgan fingerprint density at radius 2 is 1.58 bits per heavy atom. The van der Waals surface area contributed by atoms with Crippen molar-refractivity contribution in [1.82, 2.24) is 0 Å². The standard InChI is InChI=1S/C15H17NOS.C2H2O4/c1-11(16)10-12-4-2-3-5-15(12)18-14-8-6-13(17)7-9-14;3-1(4)2(5)6/h2-9,11,17H,10,16H2,1H3;(H,3,4)(H,5,6). The average Bonchev–Trinajstić information content (AvgIpc) is 2.51. The SMILES string of the molecule is CC(N)Cc1ccccc1Sc1ccc(O)cc1.O=C(O)C(=O)O. The molecule has 5 N–H and O–H groups in total. The van der Waals surface area contributed by atoms with E-state index in [4.69, 9.17) is 25.5 Å². The third kappa shape index (κ3) is 7.17. The van der Waals surface area contributed by atoms with Crippen LogP contribution in [0.3, 0.4) is 0 Å². The van der Waals surface area contributed by atoms with E-state index in [0.29, 0.717) is 5.75 Å². The Morgan fingerprint density at radius 3 is 2.08 bits per heavy atom. The van der Waals surface area contributed by atoms with Crippen molar-refractivity contribution in [3.63, 3.8) is 0 Å². The Morgan fingerprint density at radius 1 is 1.04 bits per heavy atom. The molecule has 0 aromatic heterocycles. The van der Waals surface area contributed by atoms with E-state index in [1.807, 2.05) is 31.2 Å². The van der Waals surface area contributed by atoms with Crippen LogP contribution < -0.4 is 5.73 Å². The van der Waals surface area contributed by atoms with E-state index < -0.39 is 11.9 Å². The van der Waals surface area contributed by atoms with Crippen LogP contribution in [-0.4, -0.2) is 33.3 Å². The fourth-order valence-electron chi connectivity index (χ4n) is 1.76. The molecule has 0 aliphatic heterocycles. The summed E-state index contributed by atoms with van der Waals surface area (Å²) in [6.07, 6.45) is 0.876. The van der Waals surface area contributed by atoms with Gasteiger partial charge in [-0.3, -0.25) is 0 Å². The number of carboxylic acid groups (broad SMARTS) is 2. The van der Waals surface area contributed by atoms with Crippen molar-refractivity contribution < 1.29 is 24.9 Å². The highest BCUT2D eigenvalue weighted by molar-refractivity contribution is 7.99. The molecule has 1 unspecified atom stereocenters. The highest BCUT2D eigenvalue weighted by atomic mass is 32.2. The maximum absolute atomic E-state index is 9.27. The molecule has 0 amide bonds. The largest absolute Gasteiger partial charge is 0.508 e. The summed E-state index contributed by atoms with van der Waals surface area (Å²) in [4.78, 5) is 20.5. The Kier molecular flexibility index (Phi) is 7.81. The molecule has 24 heavy (non-hydrogen) atoms. The highest BCUT2D eigenvalue weighted by Crippen LogP contribution is 2.31. The van der Waals surface area contributed by atoms with E-state index in [-0.39, 0.29) is 6.04 Å². The van der Waals surface area contributed by atoms with Crippen molar-refractivity contribution in [3.8, 4) is 5.75 Å². The fraction of sp³-hybridized carbons (Fsp3) is 0.176. The molecule has 0 bridgehead atoms. The first-order valence-electron chi connectivity index (χ1n) is 7.06. The molecule has 2 aromatic carbocycles. The molecule has 0 saturated heterocycles. The Labute approximate surface area is 143 Å². The van der Waals surface area contributed by atoms with Gasteiger partial charge in [0.25, 0.3) is 0 Å². The molecule has 2 aromatic rings. The fourth-order valence-corrected chi connectivity index (χ4v) is 2.72. The van der Waals surface area contributed by atoms with Gasteiger partial charge < -0.3 is 21.1 Å². The van der Waals surface area contributed by atoms with Crippen LogP contribution in [0.4, 0.5) is 0 Å². The molecule has 6 nitrogen and oxygen atoms in total. The number of hydrogen-bond acceptors (Lipinski definition) is 5. The summed E-state index contributed by atoms with van der Waals surface area (Å²) >= 11 is 1.70. The minimum absolute atomic E-state index is 0.159. The Hall–Kier alpha value is -2.51. The molecular formula is C17H19NO5S. The monoisotopic (exact) mass is 349 g/mol. The van der Waals surface area contributed by atoms with Gasteiger partial charge in [-0.1, -0.05) is 30.0 Å². The first-order chi connectivity index (χ1) is 11.3. The van der Waals surface area contributed by atoms with E-state index in [0.717, 1.165) is 11.3 Å². The Bertz CT molecular complexity index is 674. The van der Waals surface area contributed by atoms with Gasteiger partial charge in [-0.05, 0) is 49.2 Å². The van der Waals surface area contributed by atoms with Crippen LogP contribution in [0.5, 0.6) is 5.75 Å². The van der Waals surface area contributed by atoms with E-state index in [1.165, 1.54) is 10.5 Å². The van der Waals surface area contributed by atoms with E-state index in [1.54, 1.807) is 23.9 Å². The van der Waals surface area contributed by atoms with Crippen LogP contribution in [0.25, 0.3) is 0 Å². The quantitative estimate of drug-likeness (QED) is 0.626. The van der Waals surface area contributed by atoms with Crippen LogP contribution in [0.2, 0.25) is 0 Å². The third-order valence-corrected chi connectivity index (χ3v) is 3.89. The van der Waals surface area contributed by atoms with Gasteiger partial charge in [-0.15, -0.1) is 0 Å². The van der Waals surface area contributed by atoms with E-state index in [9.17, 15) is 5.11 Å². The van der Waals surface area contributed by atoms with Gasteiger partial charge in [0.1, 0.15) is 5.75 Å². The molecule has 128 valence electrons. The van der Waals surface area contributed by atoms with Gasteiger partial charge in [0, 0.05) is 15.8 Å². The highest BCUT2D eigenvalue weighted by Gasteiger charge is 2.06. The van der Waals surface area contributed by atoms with Crippen molar-refractivity contribution in [3.05, 3.63) is 54.1 Å². The second kappa shape index (κ2) is 9.59. The summed E-state index contributed by atoms with van der Waals surface area (Å²) in [6.45, 7) is 2.02. The zero-order valence-electron chi connectivity index (χ0n) is 13.0. The van der Waals surface area contributed by atoms with Crippen LogP contribution in [0.1, 0.15) is 12.5 Å². The summed E-state index contributed by atoms with van der Waals surface area (Å²) in [5.41, 5.74) is 7.13. The number of benzene rings is 2. The number of aromatic hydroxyl groups is 1. The third-order valence-electron chi connectivity index (χ3n) is 2.76. The van der Waals surface area contributed by atoms with Crippen molar-refractivity contribution >= 4 is 23.7 Å². The van der Waals surface area contributed by atoms with Gasteiger partial charge in [0.05, 0.1) is 0 Å². The minimum Gasteiger partial charge on any atom is -0.508 e. The number of phenols is 1. The van der Waals surface area contributed by atoms with Crippen LogP contribution >= 0.6 is 11.8 Å². The number of hydrogen-bond donors (Lipinski definition) is 4. The first-order valence-corrected chi connectivity index (χ1v) is 7.88. The summed E-state index contributed by atoms with van der Waals surface area (Å²) < 4.78 is 0. The number of carbonyl (C=O) groups is 2. The number of phenolic OH excluding ortho intramolecular Hbond substituents is 1. The molecule has 0 aliphatic carbocycles. The van der Waals surface area contributed by atoms with Gasteiger partial charge in [-0.25, -0.2) is 9.59 Å². The predicted octanol–water partition coefficient (Wildman–Crippen LogP) is 2.59. The van der Waals surface area contributed by atoms with Crippen LogP contribution in [-0.2, 0) is 16.0 Å². The topological polar surface area (TPSA) is 121 Å². The van der Waals surface area contributed by atoms with Gasteiger partial charge >= 0.3 is 11.9 Å². The maximum atomic E-state index is 9.27. The molecule has 0 fully saturated rings. The summed E-state index contributed by atoms with van der Waals surface area (Å²) in [7, 11) is 0. The molecule has 0 heterocycles. The maximum Gasteiger partial charge on any atom is 0.414 e. The summed E-state index contributed by atoms with van der Waals surface area (Å²) in [6, 6.07) is 15.7. The van der Waals surface area contributed by atoms with Crippen LogP contribution in [0, 0.1) is 0 Å². The smallest absolute Gasteiger partial charge is 0.414 e. The molecule has 0 aliphatic rings. The molecule has 0 radical (unpaired) electrons. The van der Waals surface area contributed by atoms with Gasteiger partial charge in [0.2, 0.25) is 0 Å². The molecule has 7 heteroatoms. The van der Waals surface area contributed by atoms with Crippen molar-refractivity contribution in [2.24, 2.45) is 5.73 Å². The van der Waals surface area contributed by atoms with Crippen molar-refractivity contribution in [1.29, 1.82) is 0 Å². The minimum atomic E-state index is -1.82. The predicted molar refractivity (Wildman–Crippen MR) is 91.3 cm³/mol. The zero-order valence-corrected chi connectivity index (χ0v) is 13.9. The number of carboxylic acids is 2. The lowest BCUT2D eigenvalue weighted by atomic mass is 10.1. The number of aliphatic carboxylic acids is 2. The van der Waals surface area contributed by atoms with Gasteiger partial charge in [0.15, 0.2) is 0 Å². The summed E-state index contributed by atoms with van der Waals surface area (Å²) in [5, 5.41) is 24.1. The molecule has 2 rings (SSSR count). The molecular weight excluding hydrogens is 330 g/mol. The van der Waals surface area contributed by atoms with Crippen LogP contribution in [0.15, 0.2) is 58.3 Å². The molecule has 0 spiro atoms. The lowest BCUT2D eigenvalue weighted by Gasteiger charge is -2.11. The first kappa shape index (κ1) is 19.5. The zero-order chi connectivity index (χ0) is 18.1. The van der Waals surface area contributed by atoms with Crippen molar-refractivity contribution in [2.75, 3.05) is 0 Å². The lowest BCUT2D eigenvalue weighted by molar-refractivity contribution is -0.159. The second-order valence-corrected chi connectivity index (χ2v) is 6.11.